The first kappa shape index (κ1) is 54.1. The second-order valence-corrected chi connectivity index (χ2v) is 17.2. The van der Waals surface area contributed by atoms with Gasteiger partial charge in [0.1, 0.15) is 48.8 Å². The van der Waals surface area contributed by atoms with Crippen molar-refractivity contribution in [3.05, 3.63) is 0 Å². The van der Waals surface area contributed by atoms with Gasteiger partial charge in [-0.1, -0.05) is 168 Å². The summed E-state index contributed by atoms with van der Waals surface area (Å²) in [5.41, 5.74) is 0. The third-order valence-electron chi connectivity index (χ3n) is 12.1. The molecule has 1 amide bonds. The van der Waals surface area contributed by atoms with E-state index in [2.05, 4.69) is 19.2 Å². The molecule has 14 heteroatoms. The zero-order valence-corrected chi connectivity index (χ0v) is 36.8. The SMILES string of the molecule is CCCCCCCCCCCCCCCCCCCCCCC(O)C(COC1OC(CO)C(OC2OC(CO)C(O)C(O)C2O)C(O)C1O)NC(=O)CCCCCCC. The third kappa shape index (κ3) is 21.8. The summed E-state index contributed by atoms with van der Waals surface area (Å²) < 4.78 is 22.6. The first-order valence-electron chi connectivity index (χ1n) is 23.8. The lowest BCUT2D eigenvalue weighted by Crippen LogP contribution is -2.65. The highest BCUT2D eigenvalue weighted by Crippen LogP contribution is 2.30. The van der Waals surface area contributed by atoms with Crippen molar-refractivity contribution in [3.63, 3.8) is 0 Å². The van der Waals surface area contributed by atoms with Crippen LogP contribution in [0, 0.1) is 0 Å². The predicted octanol–water partition coefficient (Wildman–Crippen LogP) is 5.05. The number of amides is 1. The molecule has 2 heterocycles. The molecule has 2 saturated heterocycles. The number of ether oxygens (including phenoxy) is 4. The molecule has 350 valence electrons. The van der Waals surface area contributed by atoms with E-state index in [1.54, 1.807) is 0 Å². The maximum Gasteiger partial charge on any atom is 0.220 e. The Kier molecular flexibility index (Phi) is 30.8. The molecule has 14 nitrogen and oxygen atoms in total. The van der Waals surface area contributed by atoms with Gasteiger partial charge in [-0.05, 0) is 12.8 Å². The third-order valence-corrected chi connectivity index (χ3v) is 12.1. The number of unbranched alkanes of at least 4 members (excludes halogenated alkanes) is 23. The van der Waals surface area contributed by atoms with E-state index in [0.717, 1.165) is 57.8 Å². The molecular formula is C45H87NO13. The van der Waals surface area contributed by atoms with Gasteiger partial charge in [-0.15, -0.1) is 0 Å². The van der Waals surface area contributed by atoms with Crippen LogP contribution in [0.4, 0.5) is 0 Å². The van der Waals surface area contributed by atoms with E-state index >= 15 is 0 Å². The molecule has 12 atom stereocenters. The minimum Gasteiger partial charge on any atom is -0.394 e. The Bertz CT molecular complexity index is 1010. The molecule has 2 aliphatic rings. The van der Waals surface area contributed by atoms with Gasteiger partial charge in [0, 0.05) is 6.42 Å². The molecule has 12 unspecified atom stereocenters. The monoisotopic (exact) mass is 850 g/mol. The Morgan fingerprint density at radius 1 is 0.542 bits per heavy atom. The van der Waals surface area contributed by atoms with Crippen molar-refractivity contribution in [2.75, 3.05) is 19.8 Å². The van der Waals surface area contributed by atoms with Crippen molar-refractivity contribution in [3.8, 4) is 0 Å². The number of rotatable bonds is 36. The molecule has 0 aliphatic carbocycles. The molecule has 0 aromatic rings. The number of hydrogen-bond acceptors (Lipinski definition) is 13. The smallest absolute Gasteiger partial charge is 0.220 e. The van der Waals surface area contributed by atoms with E-state index in [9.17, 15) is 45.6 Å². The number of aliphatic hydroxyl groups excluding tert-OH is 8. The summed E-state index contributed by atoms with van der Waals surface area (Å²) in [6.45, 7) is 2.75. The molecule has 0 saturated carbocycles. The molecule has 0 spiro atoms. The van der Waals surface area contributed by atoms with Gasteiger partial charge in [-0.3, -0.25) is 4.79 Å². The Hall–Kier alpha value is -1.01. The maximum atomic E-state index is 12.9. The predicted molar refractivity (Wildman–Crippen MR) is 226 cm³/mol. The van der Waals surface area contributed by atoms with Crippen LogP contribution in [-0.2, 0) is 23.7 Å². The van der Waals surface area contributed by atoms with Crippen LogP contribution in [0.3, 0.4) is 0 Å². The lowest BCUT2D eigenvalue weighted by atomic mass is 9.97. The molecule has 0 bridgehead atoms. The summed E-state index contributed by atoms with van der Waals surface area (Å²) in [5, 5.41) is 86.4. The molecule has 9 N–H and O–H groups in total. The molecule has 2 rings (SSSR count). The largest absolute Gasteiger partial charge is 0.394 e. The fraction of sp³-hybridized carbons (Fsp3) is 0.978. The maximum absolute atomic E-state index is 12.9. The summed E-state index contributed by atoms with van der Waals surface area (Å²) in [4.78, 5) is 12.9. The van der Waals surface area contributed by atoms with Crippen molar-refractivity contribution in [1.82, 2.24) is 5.32 Å². The number of hydrogen-bond donors (Lipinski definition) is 9. The fourth-order valence-electron chi connectivity index (χ4n) is 8.12. The first-order chi connectivity index (χ1) is 28.6. The second kappa shape index (κ2) is 33.5. The van der Waals surface area contributed by atoms with Gasteiger partial charge in [0.15, 0.2) is 12.6 Å². The van der Waals surface area contributed by atoms with Gasteiger partial charge < -0.3 is 65.1 Å². The summed E-state index contributed by atoms with van der Waals surface area (Å²) in [6, 6.07) is -0.818. The number of carbonyl (C=O) groups excluding carboxylic acids is 1. The van der Waals surface area contributed by atoms with E-state index in [1.807, 2.05) is 0 Å². The van der Waals surface area contributed by atoms with E-state index in [-0.39, 0.29) is 12.5 Å². The quantitative estimate of drug-likeness (QED) is 0.0377. The number of carbonyl (C=O) groups is 1. The summed E-state index contributed by atoms with van der Waals surface area (Å²) in [7, 11) is 0. The Balaban J connectivity index is 1.75. The van der Waals surface area contributed by atoms with Crippen molar-refractivity contribution >= 4 is 5.91 Å². The van der Waals surface area contributed by atoms with Crippen molar-refractivity contribution < 1.29 is 64.6 Å². The summed E-state index contributed by atoms with van der Waals surface area (Å²) >= 11 is 0. The van der Waals surface area contributed by atoms with Crippen LogP contribution < -0.4 is 5.32 Å². The van der Waals surface area contributed by atoms with E-state index < -0.39 is 86.8 Å². The van der Waals surface area contributed by atoms with Gasteiger partial charge in [-0.2, -0.15) is 0 Å². The highest BCUT2D eigenvalue weighted by Gasteiger charge is 2.51. The van der Waals surface area contributed by atoms with Gasteiger partial charge in [0.25, 0.3) is 0 Å². The molecular weight excluding hydrogens is 762 g/mol. The van der Waals surface area contributed by atoms with Crippen LogP contribution in [0.25, 0.3) is 0 Å². The van der Waals surface area contributed by atoms with Crippen molar-refractivity contribution in [2.24, 2.45) is 0 Å². The molecule has 2 aliphatic heterocycles. The minimum atomic E-state index is -1.78. The van der Waals surface area contributed by atoms with Crippen LogP contribution in [-0.4, -0.2) is 140 Å². The Morgan fingerprint density at radius 2 is 0.966 bits per heavy atom. The normalized spacial score (nSPS) is 28.4. The molecule has 0 aromatic carbocycles. The van der Waals surface area contributed by atoms with E-state index in [4.69, 9.17) is 18.9 Å². The summed E-state index contributed by atoms with van der Waals surface area (Å²) in [6.07, 6.45) is 14.6. The van der Waals surface area contributed by atoms with Crippen molar-refractivity contribution in [2.45, 2.75) is 261 Å². The number of nitrogens with one attached hydrogen (secondary N) is 1. The van der Waals surface area contributed by atoms with Crippen LogP contribution in [0.1, 0.15) is 187 Å². The lowest BCUT2D eigenvalue weighted by Gasteiger charge is -2.46. The van der Waals surface area contributed by atoms with Gasteiger partial charge in [0.05, 0.1) is 32.0 Å². The highest BCUT2D eigenvalue weighted by atomic mass is 16.7. The van der Waals surface area contributed by atoms with Crippen LogP contribution >= 0.6 is 0 Å². The van der Waals surface area contributed by atoms with Crippen LogP contribution in [0.5, 0.6) is 0 Å². The van der Waals surface area contributed by atoms with Crippen LogP contribution in [0.2, 0.25) is 0 Å². The average Bonchev–Trinajstić information content (AvgIpc) is 3.23. The second-order valence-electron chi connectivity index (χ2n) is 17.2. The standard InChI is InChI=1S/C45H87NO13/c1-3-5-7-9-10-11-12-13-14-15-16-17-18-19-20-21-22-23-25-26-28-34(49)33(46-37(50)29-27-24-8-6-4-2)32-56-44-42(55)40(53)43(36(31-48)58-44)59-45-41(54)39(52)38(51)35(30-47)57-45/h33-36,38-45,47-49,51-55H,3-32H2,1-2H3,(H,46,50). The van der Waals surface area contributed by atoms with Gasteiger partial charge in [-0.25, -0.2) is 0 Å². The Morgan fingerprint density at radius 3 is 1.44 bits per heavy atom. The zero-order valence-electron chi connectivity index (χ0n) is 36.8. The van der Waals surface area contributed by atoms with E-state index in [1.165, 1.54) is 103 Å². The Labute approximate surface area is 355 Å². The van der Waals surface area contributed by atoms with Crippen LogP contribution in [0.15, 0.2) is 0 Å². The molecule has 2 fully saturated rings. The molecule has 0 radical (unpaired) electrons. The zero-order chi connectivity index (χ0) is 43.3. The lowest BCUT2D eigenvalue weighted by molar-refractivity contribution is -0.359. The average molecular weight is 850 g/mol. The van der Waals surface area contributed by atoms with Crippen molar-refractivity contribution in [1.29, 1.82) is 0 Å². The van der Waals surface area contributed by atoms with E-state index in [0.29, 0.717) is 12.8 Å². The minimum absolute atomic E-state index is 0.219. The number of aliphatic hydroxyl groups is 8. The molecule has 59 heavy (non-hydrogen) atoms. The highest BCUT2D eigenvalue weighted by molar-refractivity contribution is 5.76. The summed E-state index contributed by atoms with van der Waals surface area (Å²) in [5.74, 6) is -0.219. The van der Waals surface area contributed by atoms with Gasteiger partial charge in [0.2, 0.25) is 5.91 Å². The topological polar surface area (TPSA) is 228 Å². The van der Waals surface area contributed by atoms with Gasteiger partial charge >= 0.3 is 0 Å². The molecule has 0 aromatic heterocycles. The first-order valence-corrected chi connectivity index (χ1v) is 23.8. The fourth-order valence-corrected chi connectivity index (χ4v) is 8.12.